The fourth-order valence-corrected chi connectivity index (χ4v) is 6.86. The van der Waals surface area contributed by atoms with E-state index in [1.54, 1.807) is 33.1 Å². The van der Waals surface area contributed by atoms with Gasteiger partial charge in [-0.15, -0.1) is 0 Å². The van der Waals surface area contributed by atoms with Crippen LogP contribution in [0.25, 0.3) is 0 Å². The molecular formula is C16H25NO5S2. The Morgan fingerprint density at radius 1 is 1.12 bits per heavy atom. The Balaban J connectivity index is 2.20. The van der Waals surface area contributed by atoms with Gasteiger partial charge in [0.1, 0.15) is 5.75 Å². The summed E-state index contributed by atoms with van der Waals surface area (Å²) < 4.78 is 56.3. The van der Waals surface area contributed by atoms with Crippen LogP contribution in [0.1, 0.15) is 25.0 Å². The van der Waals surface area contributed by atoms with E-state index < -0.39 is 25.1 Å². The Labute approximate surface area is 144 Å². The SMILES string of the molecule is COc1c(C)cc(S(=O)(=O)N2CC(S(=O)(=O)CC(C)C)C2)cc1C. The first-order valence-electron chi connectivity index (χ1n) is 7.86. The molecule has 1 aromatic rings. The smallest absolute Gasteiger partial charge is 0.243 e. The van der Waals surface area contributed by atoms with E-state index in [9.17, 15) is 16.8 Å². The van der Waals surface area contributed by atoms with E-state index in [-0.39, 0.29) is 29.7 Å². The van der Waals surface area contributed by atoms with E-state index in [4.69, 9.17) is 4.74 Å². The predicted molar refractivity (Wildman–Crippen MR) is 93.6 cm³/mol. The number of rotatable bonds is 6. The van der Waals surface area contributed by atoms with Crippen molar-refractivity contribution < 1.29 is 21.6 Å². The molecule has 0 atom stereocenters. The van der Waals surface area contributed by atoms with Crippen LogP contribution in [0.2, 0.25) is 0 Å². The molecule has 8 heteroatoms. The van der Waals surface area contributed by atoms with Crippen LogP contribution in [0.3, 0.4) is 0 Å². The van der Waals surface area contributed by atoms with E-state index >= 15 is 0 Å². The van der Waals surface area contributed by atoms with Crippen molar-refractivity contribution in [1.82, 2.24) is 4.31 Å². The number of hydrogen-bond acceptors (Lipinski definition) is 5. The Bertz CT molecular complexity index is 799. The second-order valence-corrected chi connectivity index (χ2v) is 11.0. The van der Waals surface area contributed by atoms with Crippen molar-refractivity contribution in [2.45, 2.75) is 37.8 Å². The standard InChI is InChI=1S/C16H25NO5S2/c1-11(2)10-23(18,19)15-8-17(9-15)24(20,21)14-6-12(3)16(22-5)13(4)7-14/h6-7,11,15H,8-10H2,1-5H3. The van der Waals surface area contributed by atoms with Gasteiger partial charge in [-0.3, -0.25) is 0 Å². The molecule has 1 aliphatic rings. The summed E-state index contributed by atoms with van der Waals surface area (Å²) in [6.45, 7) is 7.32. The molecule has 1 aliphatic heterocycles. The zero-order valence-electron chi connectivity index (χ0n) is 14.7. The van der Waals surface area contributed by atoms with Crippen LogP contribution in [0.4, 0.5) is 0 Å². The highest BCUT2D eigenvalue weighted by Crippen LogP contribution is 2.31. The lowest BCUT2D eigenvalue weighted by molar-refractivity contribution is 0.309. The van der Waals surface area contributed by atoms with Gasteiger partial charge in [0.2, 0.25) is 10.0 Å². The molecule has 0 aliphatic carbocycles. The van der Waals surface area contributed by atoms with Crippen molar-refractivity contribution >= 4 is 19.9 Å². The van der Waals surface area contributed by atoms with Gasteiger partial charge in [0.25, 0.3) is 0 Å². The van der Waals surface area contributed by atoms with E-state index in [2.05, 4.69) is 0 Å². The van der Waals surface area contributed by atoms with Gasteiger partial charge in [-0.05, 0) is 43.0 Å². The number of hydrogen-bond donors (Lipinski definition) is 0. The van der Waals surface area contributed by atoms with Crippen LogP contribution >= 0.6 is 0 Å². The normalized spacial score (nSPS) is 17.1. The molecule has 6 nitrogen and oxygen atoms in total. The summed E-state index contributed by atoms with van der Waals surface area (Å²) in [5.41, 5.74) is 1.47. The first-order valence-corrected chi connectivity index (χ1v) is 11.0. The quantitative estimate of drug-likeness (QED) is 0.757. The van der Waals surface area contributed by atoms with Gasteiger partial charge in [0.05, 0.1) is 23.0 Å². The number of sulfonamides is 1. The largest absolute Gasteiger partial charge is 0.496 e. The van der Waals surface area contributed by atoms with Gasteiger partial charge >= 0.3 is 0 Å². The molecule has 0 spiro atoms. The third kappa shape index (κ3) is 3.60. The minimum absolute atomic E-state index is 0.0293. The van der Waals surface area contributed by atoms with Gasteiger partial charge < -0.3 is 4.74 Å². The molecule has 24 heavy (non-hydrogen) atoms. The van der Waals surface area contributed by atoms with Crippen LogP contribution in [0.15, 0.2) is 17.0 Å². The Kier molecular flexibility index (Phi) is 5.32. The molecule has 0 radical (unpaired) electrons. The maximum atomic E-state index is 12.7. The average Bonchev–Trinajstić information content (AvgIpc) is 2.33. The summed E-state index contributed by atoms with van der Waals surface area (Å²) in [5.74, 6) is 0.786. The highest BCUT2D eigenvalue weighted by Gasteiger charge is 2.43. The van der Waals surface area contributed by atoms with Crippen molar-refractivity contribution in [1.29, 1.82) is 0 Å². The van der Waals surface area contributed by atoms with Gasteiger partial charge in [-0.1, -0.05) is 13.8 Å². The summed E-state index contributed by atoms with van der Waals surface area (Å²) in [5, 5.41) is -0.602. The molecular weight excluding hydrogens is 350 g/mol. The van der Waals surface area contributed by atoms with Crippen LogP contribution in [-0.2, 0) is 19.9 Å². The van der Waals surface area contributed by atoms with Crippen LogP contribution in [0, 0.1) is 19.8 Å². The second-order valence-electron chi connectivity index (χ2n) is 6.76. The summed E-state index contributed by atoms with van der Waals surface area (Å²) in [6.07, 6.45) is 0. The molecule has 2 rings (SSSR count). The topological polar surface area (TPSA) is 80.8 Å². The van der Waals surface area contributed by atoms with Crippen molar-refractivity contribution in [3.05, 3.63) is 23.3 Å². The molecule has 0 amide bonds. The minimum Gasteiger partial charge on any atom is -0.496 e. The van der Waals surface area contributed by atoms with Crippen molar-refractivity contribution in [3.63, 3.8) is 0 Å². The number of aryl methyl sites for hydroxylation is 2. The zero-order chi connectivity index (χ0) is 18.3. The zero-order valence-corrected chi connectivity index (χ0v) is 16.4. The Hall–Kier alpha value is -1.12. The van der Waals surface area contributed by atoms with E-state index in [0.717, 1.165) is 11.1 Å². The lowest BCUT2D eigenvalue weighted by Crippen LogP contribution is -2.57. The number of benzene rings is 1. The van der Waals surface area contributed by atoms with Gasteiger partial charge in [-0.25, -0.2) is 16.8 Å². The molecule has 1 fully saturated rings. The summed E-state index contributed by atoms with van der Waals surface area (Å²) in [4.78, 5) is 0.179. The second kappa shape index (κ2) is 6.65. The highest BCUT2D eigenvalue weighted by molar-refractivity contribution is 7.92. The van der Waals surface area contributed by atoms with Crippen LogP contribution < -0.4 is 4.74 Å². The van der Waals surface area contributed by atoms with E-state index in [1.807, 2.05) is 13.8 Å². The van der Waals surface area contributed by atoms with Crippen molar-refractivity contribution in [3.8, 4) is 5.75 Å². The lowest BCUT2D eigenvalue weighted by Gasteiger charge is -2.37. The summed E-state index contributed by atoms with van der Waals surface area (Å²) in [7, 11) is -5.39. The van der Waals surface area contributed by atoms with Crippen molar-refractivity contribution in [2.75, 3.05) is 26.0 Å². The molecule has 0 saturated carbocycles. The molecule has 0 aromatic heterocycles. The monoisotopic (exact) mass is 375 g/mol. The fourth-order valence-electron chi connectivity index (χ4n) is 2.96. The number of nitrogens with zero attached hydrogens (tertiary/aromatic N) is 1. The molecule has 0 unspecified atom stereocenters. The van der Waals surface area contributed by atoms with Crippen LogP contribution in [0.5, 0.6) is 5.75 Å². The highest BCUT2D eigenvalue weighted by atomic mass is 32.2. The van der Waals surface area contributed by atoms with E-state index in [1.165, 1.54) is 4.31 Å². The average molecular weight is 376 g/mol. The lowest BCUT2D eigenvalue weighted by atomic mass is 10.1. The molecule has 136 valence electrons. The predicted octanol–water partition coefficient (Wildman–Crippen LogP) is 1.76. The molecule has 1 heterocycles. The fraction of sp³-hybridized carbons (Fsp3) is 0.625. The summed E-state index contributed by atoms with van der Waals surface area (Å²) in [6, 6.07) is 3.13. The third-order valence-electron chi connectivity index (χ3n) is 4.16. The van der Waals surface area contributed by atoms with Gasteiger partial charge in [0.15, 0.2) is 9.84 Å². The molecule has 1 aromatic carbocycles. The first-order chi connectivity index (χ1) is 11.0. The minimum atomic E-state index is -3.68. The number of ether oxygens (including phenoxy) is 1. The third-order valence-corrected chi connectivity index (χ3v) is 8.42. The maximum Gasteiger partial charge on any atom is 0.243 e. The van der Waals surface area contributed by atoms with Gasteiger partial charge in [0, 0.05) is 13.1 Å². The molecule has 0 N–H and O–H groups in total. The molecule has 0 bridgehead atoms. The van der Waals surface area contributed by atoms with Gasteiger partial charge in [-0.2, -0.15) is 4.31 Å². The van der Waals surface area contributed by atoms with E-state index in [0.29, 0.717) is 5.75 Å². The van der Waals surface area contributed by atoms with Crippen LogP contribution in [-0.4, -0.2) is 52.3 Å². The number of methoxy groups -OCH3 is 1. The number of sulfone groups is 1. The molecule has 1 saturated heterocycles. The first kappa shape index (κ1) is 19.2. The Morgan fingerprint density at radius 2 is 1.62 bits per heavy atom. The maximum absolute atomic E-state index is 12.7. The van der Waals surface area contributed by atoms with Crippen molar-refractivity contribution in [2.24, 2.45) is 5.92 Å². The Morgan fingerprint density at radius 3 is 2.04 bits per heavy atom. The summed E-state index contributed by atoms with van der Waals surface area (Å²) >= 11 is 0.